The van der Waals surface area contributed by atoms with E-state index in [1.807, 2.05) is 6.92 Å². The number of nitrogens with one attached hydrogen (secondary N) is 2. The van der Waals surface area contributed by atoms with Crippen LogP contribution in [-0.2, 0) is 15.7 Å². The van der Waals surface area contributed by atoms with E-state index in [0.29, 0.717) is 39.1 Å². The van der Waals surface area contributed by atoms with Crippen molar-refractivity contribution in [3.8, 4) is 0 Å². The summed E-state index contributed by atoms with van der Waals surface area (Å²) in [7, 11) is 1.42. The average molecular weight is 487 g/mol. The number of thiophene rings is 1. The van der Waals surface area contributed by atoms with Gasteiger partial charge < -0.3 is 25.0 Å². The predicted octanol–water partition coefficient (Wildman–Crippen LogP) is 3.40. The van der Waals surface area contributed by atoms with Gasteiger partial charge in [-0.15, -0.1) is 11.3 Å². The number of carbonyl (C=O) groups is 2. The van der Waals surface area contributed by atoms with Crippen LogP contribution in [0.15, 0.2) is 11.4 Å². The van der Waals surface area contributed by atoms with Gasteiger partial charge in [-0.05, 0) is 13.0 Å². The number of fused-ring (bicyclic) bond motifs is 1. The molecule has 2 amide bonds. The Labute approximate surface area is 192 Å². The van der Waals surface area contributed by atoms with Gasteiger partial charge in [-0.3, -0.25) is 4.79 Å². The highest BCUT2D eigenvalue weighted by molar-refractivity contribution is 7.17. The molecule has 2 N–H and O–H groups in total. The van der Waals surface area contributed by atoms with Crippen molar-refractivity contribution in [1.29, 1.82) is 0 Å². The maximum atomic E-state index is 13.7. The molecule has 0 spiro atoms. The molecule has 33 heavy (non-hydrogen) atoms. The Bertz CT molecular complexity index is 1030. The second kappa shape index (κ2) is 9.34. The van der Waals surface area contributed by atoms with E-state index in [9.17, 15) is 22.8 Å². The zero-order chi connectivity index (χ0) is 23.8. The molecule has 2 aliphatic heterocycles. The Balaban J connectivity index is 1.46. The first-order valence-electron chi connectivity index (χ1n) is 10.7. The minimum atomic E-state index is -4.58. The lowest BCUT2D eigenvalue weighted by Crippen LogP contribution is -2.48. The summed E-state index contributed by atoms with van der Waals surface area (Å²) in [5.41, 5.74) is -0.657. The molecule has 0 unspecified atom stereocenters. The molecule has 8 nitrogen and oxygen atoms in total. The van der Waals surface area contributed by atoms with Gasteiger partial charge in [0.05, 0.1) is 34.6 Å². The van der Waals surface area contributed by atoms with E-state index in [1.165, 1.54) is 12.4 Å². The third-order valence-corrected chi connectivity index (χ3v) is 7.05. The van der Waals surface area contributed by atoms with Crippen molar-refractivity contribution in [3.05, 3.63) is 22.6 Å². The van der Waals surface area contributed by atoms with E-state index < -0.39 is 23.7 Å². The molecule has 2 aliphatic rings. The highest BCUT2D eigenvalue weighted by atomic mass is 32.1. The first-order valence-corrected chi connectivity index (χ1v) is 11.6. The molecule has 0 aromatic carbocycles. The van der Waals surface area contributed by atoms with Gasteiger partial charge in [0.2, 0.25) is 0 Å². The molecule has 0 aliphatic carbocycles. The van der Waals surface area contributed by atoms with Crippen molar-refractivity contribution >= 4 is 39.4 Å². The summed E-state index contributed by atoms with van der Waals surface area (Å²) in [4.78, 5) is 30.4. The second-order valence-electron chi connectivity index (χ2n) is 8.25. The number of rotatable bonds is 5. The van der Waals surface area contributed by atoms with Crippen LogP contribution in [0.25, 0.3) is 10.2 Å². The fourth-order valence-electron chi connectivity index (χ4n) is 3.90. The number of nitrogens with zero attached hydrogens (tertiary/aromatic N) is 2. The Hall–Kier alpha value is -2.60. The van der Waals surface area contributed by atoms with Crippen molar-refractivity contribution in [2.24, 2.45) is 5.92 Å². The minimum absolute atomic E-state index is 0.0379. The Morgan fingerprint density at radius 1 is 1.30 bits per heavy atom. The molecule has 2 saturated heterocycles. The van der Waals surface area contributed by atoms with E-state index in [2.05, 4.69) is 15.6 Å². The van der Waals surface area contributed by atoms with Gasteiger partial charge in [-0.2, -0.15) is 13.2 Å². The van der Waals surface area contributed by atoms with Crippen LogP contribution in [0.5, 0.6) is 0 Å². The Morgan fingerprint density at radius 3 is 2.58 bits per heavy atom. The topological polar surface area (TPSA) is 92.8 Å². The number of hydrogen-bond acceptors (Lipinski definition) is 7. The molecule has 2 aromatic heterocycles. The van der Waals surface area contributed by atoms with Crippen LogP contribution in [0.4, 0.5) is 23.8 Å². The number of aromatic nitrogens is 1. The average Bonchev–Trinajstić information content (AvgIpc) is 3.14. The van der Waals surface area contributed by atoms with Crippen LogP contribution in [0.3, 0.4) is 0 Å². The van der Waals surface area contributed by atoms with Crippen LogP contribution in [-0.4, -0.2) is 62.5 Å². The van der Waals surface area contributed by atoms with Crippen LogP contribution in [0.1, 0.15) is 35.7 Å². The molecule has 1 atom stereocenters. The maximum absolute atomic E-state index is 13.7. The number of alkyl carbamates (subject to hydrolysis) is 1. The SMILES string of the molecule is CNC(=O)c1csc2c(C(F)(F)F)cc(N3CCC(OC(=O)N[C@@H](C)C4COC4)CC3)nc12. The van der Waals surface area contributed by atoms with E-state index in [4.69, 9.17) is 9.47 Å². The second-order valence-corrected chi connectivity index (χ2v) is 9.13. The number of carbonyl (C=O) groups excluding carboxylic acids is 2. The summed E-state index contributed by atoms with van der Waals surface area (Å²) in [6, 6.07) is 0.978. The first kappa shape index (κ1) is 23.6. The molecule has 2 fully saturated rings. The lowest BCUT2D eigenvalue weighted by Gasteiger charge is -2.34. The van der Waals surface area contributed by atoms with Gasteiger partial charge in [0.15, 0.2) is 0 Å². The van der Waals surface area contributed by atoms with Crippen LogP contribution in [0, 0.1) is 5.92 Å². The van der Waals surface area contributed by atoms with Crippen molar-refractivity contribution in [2.75, 3.05) is 38.3 Å². The van der Waals surface area contributed by atoms with Crippen LogP contribution < -0.4 is 15.5 Å². The number of anilines is 1. The third kappa shape index (κ3) is 5.01. The van der Waals surface area contributed by atoms with Crippen molar-refractivity contribution in [2.45, 2.75) is 38.1 Å². The molecule has 4 rings (SSSR count). The van der Waals surface area contributed by atoms with Crippen LogP contribution in [0.2, 0.25) is 0 Å². The molecular formula is C21H25F3N4O4S. The standard InChI is InChI=1S/C21H25F3N4O4S/c1-11(12-8-31-9-12)26-20(30)32-13-3-5-28(6-4-13)16-7-15(21(22,23)24)18-17(27-16)14(10-33-18)19(29)25-2/h7,10-13H,3-6,8-9H2,1-2H3,(H,25,29)(H,26,30)/t11-/m0/s1. The quantitative estimate of drug-likeness (QED) is 0.673. The molecule has 0 radical (unpaired) electrons. The number of ether oxygens (including phenoxy) is 2. The zero-order valence-corrected chi connectivity index (χ0v) is 19.0. The summed E-state index contributed by atoms with van der Waals surface area (Å²) in [6.07, 6.45) is -4.50. The van der Waals surface area contributed by atoms with Gasteiger partial charge in [0.1, 0.15) is 11.9 Å². The molecular weight excluding hydrogens is 461 g/mol. The lowest BCUT2D eigenvalue weighted by atomic mass is 10.0. The van der Waals surface area contributed by atoms with E-state index in [1.54, 1.807) is 4.90 Å². The summed E-state index contributed by atoms with van der Waals surface area (Å²) in [6.45, 7) is 3.87. The van der Waals surface area contributed by atoms with Crippen molar-refractivity contribution in [1.82, 2.24) is 15.6 Å². The molecule has 4 heterocycles. The van der Waals surface area contributed by atoms with Gasteiger partial charge in [0, 0.05) is 50.3 Å². The number of hydrogen-bond donors (Lipinski definition) is 2. The van der Waals surface area contributed by atoms with Crippen LogP contribution >= 0.6 is 11.3 Å². The molecule has 180 valence electrons. The number of halogens is 3. The molecule has 12 heteroatoms. The smallest absolute Gasteiger partial charge is 0.417 e. The number of piperidine rings is 1. The van der Waals surface area contributed by atoms with Crippen molar-refractivity contribution in [3.63, 3.8) is 0 Å². The highest BCUT2D eigenvalue weighted by Gasteiger charge is 2.36. The van der Waals surface area contributed by atoms with E-state index in [-0.39, 0.29) is 39.7 Å². The largest absolute Gasteiger partial charge is 0.446 e. The Morgan fingerprint density at radius 2 is 2.00 bits per heavy atom. The van der Waals surface area contributed by atoms with Gasteiger partial charge in [-0.25, -0.2) is 9.78 Å². The van der Waals surface area contributed by atoms with Gasteiger partial charge >= 0.3 is 12.3 Å². The van der Waals surface area contributed by atoms with E-state index >= 15 is 0 Å². The number of alkyl halides is 3. The van der Waals surface area contributed by atoms with Crippen molar-refractivity contribution < 1.29 is 32.2 Å². The predicted molar refractivity (Wildman–Crippen MR) is 117 cm³/mol. The number of amides is 2. The summed E-state index contributed by atoms with van der Waals surface area (Å²) in [5.74, 6) is -0.0558. The third-order valence-electron chi connectivity index (χ3n) is 6.04. The summed E-state index contributed by atoms with van der Waals surface area (Å²) in [5, 5.41) is 6.64. The fraction of sp³-hybridized carbons (Fsp3) is 0.571. The summed E-state index contributed by atoms with van der Waals surface area (Å²) < 4.78 is 51.8. The maximum Gasteiger partial charge on any atom is 0.417 e. The molecule has 0 saturated carbocycles. The van der Waals surface area contributed by atoms with Gasteiger partial charge in [-0.1, -0.05) is 0 Å². The monoisotopic (exact) mass is 486 g/mol. The highest BCUT2D eigenvalue weighted by Crippen LogP contribution is 2.40. The zero-order valence-electron chi connectivity index (χ0n) is 18.2. The fourth-order valence-corrected chi connectivity index (χ4v) is 4.92. The van der Waals surface area contributed by atoms with E-state index in [0.717, 1.165) is 17.4 Å². The van der Waals surface area contributed by atoms with Gasteiger partial charge in [0.25, 0.3) is 5.91 Å². The first-order chi connectivity index (χ1) is 15.7. The number of pyridine rings is 1. The lowest BCUT2D eigenvalue weighted by molar-refractivity contribution is -0.136. The minimum Gasteiger partial charge on any atom is -0.446 e. The Kier molecular flexibility index (Phi) is 6.66. The normalized spacial score (nSPS) is 18.6. The molecule has 2 aromatic rings. The summed E-state index contributed by atoms with van der Waals surface area (Å²) >= 11 is 0.852. The molecule has 0 bridgehead atoms.